The highest BCUT2D eigenvalue weighted by molar-refractivity contribution is 7.89. The molecule has 0 atom stereocenters. The number of pyridine rings is 1. The van der Waals surface area contributed by atoms with E-state index in [-0.39, 0.29) is 4.90 Å². The molecule has 170 valence electrons. The molecule has 0 amide bonds. The molecule has 0 saturated heterocycles. The van der Waals surface area contributed by atoms with Crippen LogP contribution in [0.15, 0.2) is 88.3 Å². The quantitative estimate of drug-likeness (QED) is 0.398. The standard InChI is InChI=1S/C24H24N4O3S2/c1-27(2)33(29,30)22-12-6-19(7-13-22)23-17-32-24(26-20-8-10-21(31-3)11-9-20)28(23)16-18-5-4-14-25-15-18/h4-15,17H,16H2,1-3H3. The van der Waals surface area contributed by atoms with E-state index in [1.165, 1.54) is 29.7 Å². The van der Waals surface area contributed by atoms with Crippen molar-refractivity contribution in [1.29, 1.82) is 0 Å². The highest BCUT2D eigenvalue weighted by Crippen LogP contribution is 2.25. The third-order valence-corrected chi connectivity index (χ3v) is 7.78. The number of methoxy groups -OCH3 is 1. The van der Waals surface area contributed by atoms with Gasteiger partial charge in [0.1, 0.15) is 5.75 Å². The van der Waals surface area contributed by atoms with Crippen molar-refractivity contribution in [1.82, 2.24) is 13.9 Å². The number of sulfonamides is 1. The summed E-state index contributed by atoms with van der Waals surface area (Å²) in [4.78, 5) is 10.2. The summed E-state index contributed by atoms with van der Waals surface area (Å²) < 4.78 is 33.4. The number of nitrogens with zero attached hydrogens (tertiary/aromatic N) is 4. The summed E-state index contributed by atoms with van der Waals surface area (Å²) >= 11 is 1.53. The van der Waals surface area contributed by atoms with Gasteiger partial charge < -0.3 is 9.30 Å². The second kappa shape index (κ2) is 9.70. The molecule has 4 aromatic rings. The number of hydrogen-bond donors (Lipinski definition) is 0. The molecule has 0 spiro atoms. The van der Waals surface area contributed by atoms with Crippen molar-refractivity contribution in [2.24, 2.45) is 4.99 Å². The Morgan fingerprint density at radius 1 is 1.06 bits per heavy atom. The van der Waals surface area contributed by atoms with E-state index in [9.17, 15) is 8.42 Å². The van der Waals surface area contributed by atoms with Crippen molar-refractivity contribution in [3.63, 3.8) is 0 Å². The molecular weight excluding hydrogens is 456 g/mol. The summed E-state index contributed by atoms with van der Waals surface area (Å²) in [5.74, 6) is 0.775. The maximum Gasteiger partial charge on any atom is 0.242 e. The summed E-state index contributed by atoms with van der Waals surface area (Å²) in [6.45, 7) is 0.583. The Balaban J connectivity index is 1.79. The van der Waals surface area contributed by atoms with E-state index in [2.05, 4.69) is 9.55 Å². The SMILES string of the molecule is COc1ccc(N=c2scc(-c3ccc(S(=O)(=O)N(C)C)cc3)n2Cc2cccnc2)cc1. The van der Waals surface area contributed by atoms with Crippen molar-refractivity contribution in [2.75, 3.05) is 21.2 Å². The van der Waals surface area contributed by atoms with E-state index in [1.807, 2.05) is 60.1 Å². The van der Waals surface area contributed by atoms with Crippen LogP contribution in [0.4, 0.5) is 5.69 Å². The number of aromatic nitrogens is 2. The maximum absolute atomic E-state index is 12.4. The minimum atomic E-state index is -3.48. The average molecular weight is 481 g/mol. The molecule has 0 fully saturated rings. The third-order valence-electron chi connectivity index (χ3n) is 5.09. The normalized spacial score (nSPS) is 12.3. The van der Waals surface area contributed by atoms with Gasteiger partial charge >= 0.3 is 0 Å². The average Bonchev–Trinajstić information content (AvgIpc) is 3.22. The molecule has 9 heteroatoms. The van der Waals surface area contributed by atoms with Gasteiger partial charge in [0.05, 0.1) is 29.9 Å². The van der Waals surface area contributed by atoms with Crippen LogP contribution >= 0.6 is 11.3 Å². The van der Waals surface area contributed by atoms with Gasteiger partial charge in [0.25, 0.3) is 0 Å². The van der Waals surface area contributed by atoms with Crippen molar-refractivity contribution in [3.05, 3.63) is 88.8 Å². The Labute approximate surface area is 197 Å². The highest BCUT2D eigenvalue weighted by Gasteiger charge is 2.17. The second-order valence-electron chi connectivity index (χ2n) is 7.47. The number of benzene rings is 2. The smallest absolute Gasteiger partial charge is 0.242 e. The van der Waals surface area contributed by atoms with E-state index in [0.717, 1.165) is 33.1 Å². The molecule has 2 heterocycles. The lowest BCUT2D eigenvalue weighted by Gasteiger charge is -2.13. The first kappa shape index (κ1) is 22.9. The lowest BCUT2D eigenvalue weighted by Crippen LogP contribution is -2.22. The molecule has 7 nitrogen and oxygen atoms in total. The minimum absolute atomic E-state index is 0.258. The van der Waals surface area contributed by atoms with Gasteiger partial charge in [-0.15, -0.1) is 11.3 Å². The van der Waals surface area contributed by atoms with Gasteiger partial charge in [0, 0.05) is 31.9 Å². The van der Waals surface area contributed by atoms with Crippen molar-refractivity contribution < 1.29 is 13.2 Å². The number of thiazole rings is 1. The fourth-order valence-electron chi connectivity index (χ4n) is 3.25. The highest BCUT2D eigenvalue weighted by atomic mass is 32.2. The zero-order chi connectivity index (χ0) is 23.4. The molecule has 0 aliphatic heterocycles. The molecule has 0 aliphatic carbocycles. The molecular formula is C24H24N4O3S2. The fourth-order valence-corrected chi connectivity index (χ4v) is 5.08. The predicted molar refractivity (Wildman–Crippen MR) is 130 cm³/mol. The Bertz CT molecular complexity index is 1390. The lowest BCUT2D eigenvalue weighted by atomic mass is 10.1. The van der Waals surface area contributed by atoms with Crippen LogP contribution in [0.25, 0.3) is 11.3 Å². The molecule has 2 aromatic carbocycles. The van der Waals surface area contributed by atoms with E-state index in [0.29, 0.717) is 6.54 Å². The van der Waals surface area contributed by atoms with Crippen LogP contribution < -0.4 is 9.54 Å². The first-order valence-corrected chi connectivity index (χ1v) is 12.5. The molecule has 2 aromatic heterocycles. The minimum Gasteiger partial charge on any atom is -0.497 e. The van der Waals surface area contributed by atoms with E-state index in [4.69, 9.17) is 9.73 Å². The van der Waals surface area contributed by atoms with Gasteiger partial charge in [-0.05, 0) is 53.6 Å². The van der Waals surface area contributed by atoms with Gasteiger partial charge in [-0.1, -0.05) is 18.2 Å². The van der Waals surface area contributed by atoms with Crippen LogP contribution in [-0.2, 0) is 16.6 Å². The molecule has 0 aliphatic rings. The Kier molecular flexibility index (Phi) is 6.73. The number of hydrogen-bond acceptors (Lipinski definition) is 6. The molecule has 4 rings (SSSR count). The van der Waals surface area contributed by atoms with Crippen LogP contribution in [-0.4, -0.2) is 43.5 Å². The fraction of sp³-hybridized carbons (Fsp3) is 0.167. The summed E-state index contributed by atoms with van der Waals surface area (Å²) in [5.41, 5.74) is 3.71. The van der Waals surface area contributed by atoms with Crippen molar-refractivity contribution >= 4 is 27.0 Å². The first-order chi connectivity index (χ1) is 15.9. The zero-order valence-electron chi connectivity index (χ0n) is 18.5. The van der Waals surface area contributed by atoms with Gasteiger partial charge in [-0.25, -0.2) is 17.7 Å². The number of rotatable bonds is 7. The Hall–Kier alpha value is -3.27. The van der Waals surface area contributed by atoms with Crippen LogP contribution in [0.3, 0.4) is 0 Å². The molecule has 0 N–H and O–H groups in total. The van der Waals surface area contributed by atoms with Crippen molar-refractivity contribution in [3.8, 4) is 17.0 Å². The topological polar surface area (TPSA) is 76.8 Å². The maximum atomic E-state index is 12.4. The summed E-state index contributed by atoms with van der Waals surface area (Å²) in [7, 11) is 1.20. The predicted octanol–water partition coefficient (Wildman–Crippen LogP) is 4.15. The van der Waals surface area contributed by atoms with Gasteiger partial charge in [-0.2, -0.15) is 0 Å². The largest absolute Gasteiger partial charge is 0.497 e. The van der Waals surface area contributed by atoms with E-state index >= 15 is 0 Å². The molecule has 0 unspecified atom stereocenters. The molecule has 0 radical (unpaired) electrons. The van der Waals surface area contributed by atoms with E-state index in [1.54, 1.807) is 25.4 Å². The summed E-state index contributed by atoms with van der Waals surface area (Å²) in [6.07, 6.45) is 3.58. The molecule has 0 bridgehead atoms. The van der Waals surface area contributed by atoms with Crippen molar-refractivity contribution in [2.45, 2.75) is 11.4 Å². The van der Waals surface area contributed by atoms with Gasteiger partial charge in [-0.3, -0.25) is 4.98 Å². The molecule has 33 heavy (non-hydrogen) atoms. The Morgan fingerprint density at radius 3 is 2.39 bits per heavy atom. The van der Waals surface area contributed by atoms with E-state index < -0.39 is 10.0 Å². The van der Waals surface area contributed by atoms with Gasteiger partial charge in [0.15, 0.2) is 4.80 Å². The van der Waals surface area contributed by atoms with Crippen LogP contribution in [0, 0.1) is 0 Å². The van der Waals surface area contributed by atoms with Gasteiger partial charge in [0.2, 0.25) is 10.0 Å². The number of ether oxygens (including phenoxy) is 1. The zero-order valence-corrected chi connectivity index (χ0v) is 20.2. The van der Waals surface area contributed by atoms with Crippen LogP contribution in [0.2, 0.25) is 0 Å². The first-order valence-electron chi connectivity index (χ1n) is 10.2. The summed E-state index contributed by atoms with van der Waals surface area (Å²) in [6, 6.07) is 18.4. The second-order valence-corrected chi connectivity index (χ2v) is 10.5. The van der Waals surface area contributed by atoms with Crippen LogP contribution in [0.1, 0.15) is 5.56 Å². The third kappa shape index (κ3) is 5.05. The lowest BCUT2D eigenvalue weighted by molar-refractivity contribution is 0.415. The van der Waals surface area contributed by atoms with Crippen LogP contribution in [0.5, 0.6) is 5.75 Å². The monoisotopic (exact) mass is 480 g/mol. The Morgan fingerprint density at radius 2 is 1.79 bits per heavy atom. The molecule has 0 saturated carbocycles. The summed E-state index contributed by atoms with van der Waals surface area (Å²) in [5, 5.41) is 2.04.